The van der Waals surface area contributed by atoms with Gasteiger partial charge in [-0.2, -0.15) is 0 Å². The first kappa shape index (κ1) is 20.1. The van der Waals surface area contributed by atoms with Gasteiger partial charge in [0.25, 0.3) is 0 Å². The van der Waals surface area contributed by atoms with Crippen molar-refractivity contribution >= 4 is 11.0 Å². The van der Waals surface area contributed by atoms with Crippen molar-refractivity contribution in [3.8, 4) is 39.3 Å². The molecule has 0 aliphatic heterocycles. The molecule has 4 aromatic carbocycles. The fraction of sp³-hybridized carbons (Fsp3) is 0.0323. The van der Waals surface area contributed by atoms with Crippen LogP contribution in [0.25, 0.3) is 50.4 Å². The Labute approximate surface area is 199 Å². The minimum atomic E-state index is 0.923. The van der Waals surface area contributed by atoms with Crippen LogP contribution in [0.5, 0.6) is 0 Å². The highest BCUT2D eigenvalue weighted by atomic mass is 15.1. The van der Waals surface area contributed by atoms with Gasteiger partial charge in [0.15, 0.2) is 0 Å². The molecule has 6 aromatic rings. The zero-order valence-corrected chi connectivity index (χ0v) is 18.9. The number of nitrogens with zero attached hydrogens (tertiary/aromatic N) is 3. The number of aryl methyl sites for hydroxylation is 1. The summed E-state index contributed by atoms with van der Waals surface area (Å²) >= 11 is 0. The van der Waals surface area contributed by atoms with E-state index in [9.17, 15) is 0 Å². The first-order chi connectivity index (χ1) is 16.8. The van der Waals surface area contributed by atoms with Crippen molar-refractivity contribution in [3.63, 3.8) is 0 Å². The molecule has 0 aliphatic rings. The second kappa shape index (κ2) is 8.45. The van der Waals surface area contributed by atoms with Crippen molar-refractivity contribution in [2.75, 3.05) is 0 Å². The van der Waals surface area contributed by atoms with Crippen LogP contribution in [0, 0.1) is 6.92 Å². The van der Waals surface area contributed by atoms with Crippen molar-refractivity contribution < 1.29 is 0 Å². The second-order valence-electron chi connectivity index (χ2n) is 8.50. The van der Waals surface area contributed by atoms with Crippen LogP contribution in [-0.4, -0.2) is 14.5 Å². The summed E-state index contributed by atoms with van der Waals surface area (Å²) < 4.78 is 2.25. The zero-order chi connectivity index (χ0) is 22.9. The third kappa shape index (κ3) is 3.67. The highest BCUT2D eigenvalue weighted by Crippen LogP contribution is 2.35. The predicted molar refractivity (Wildman–Crippen MR) is 140 cm³/mol. The maximum Gasteiger partial charge on any atom is 0.145 e. The molecule has 6 rings (SSSR count). The number of aromatic nitrogens is 3. The van der Waals surface area contributed by atoms with Crippen LogP contribution in [0.2, 0.25) is 0 Å². The largest absolute Gasteiger partial charge is 0.292 e. The van der Waals surface area contributed by atoms with Gasteiger partial charge in [0.2, 0.25) is 0 Å². The lowest BCUT2D eigenvalue weighted by Crippen LogP contribution is -1.98. The number of fused-ring (bicyclic) bond motifs is 1. The van der Waals surface area contributed by atoms with Crippen LogP contribution in [0.1, 0.15) is 5.56 Å². The quantitative estimate of drug-likeness (QED) is 0.282. The molecule has 0 atom stereocenters. The van der Waals surface area contributed by atoms with Gasteiger partial charge >= 0.3 is 0 Å². The average Bonchev–Trinajstić information content (AvgIpc) is 3.30. The molecule has 0 fully saturated rings. The summed E-state index contributed by atoms with van der Waals surface area (Å²) in [6.45, 7) is 2.11. The number of benzene rings is 4. The summed E-state index contributed by atoms with van der Waals surface area (Å²) in [5, 5.41) is 0. The standard InChI is InChI=1S/C31H23N3/c1-22-13-15-23(16-14-22)25-18-26(24-8-7-17-32-21-24)20-27(19-25)31-33-29-11-5-6-12-30(29)34(31)28-9-3-2-4-10-28/h2-21H,1H3. The fourth-order valence-electron chi connectivity index (χ4n) is 4.43. The van der Waals surface area contributed by atoms with E-state index in [1.54, 1.807) is 0 Å². The van der Waals surface area contributed by atoms with E-state index >= 15 is 0 Å². The van der Waals surface area contributed by atoms with Crippen LogP contribution in [0.15, 0.2) is 122 Å². The molecule has 0 N–H and O–H groups in total. The molecule has 3 nitrogen and oxygen atoms in total. The molecule has 3 heteroatoms. The summed E-state index contributed by atoms with van der Waals surface area (Å²) in [4.78, 5) is 9.45. The summed E-state index contributed by atoms with van der Waals surface area (Å²) in [5.74, 6) is 0.923. The lowest BCUT2D eigenvalue weighted by atomic mass is 9.96. The summed E-state index contributed by atoms with van der Waals surface area (Å²) in [6.07, 6.45) is 3.72. The summed E-state index contributed by atoms with van der Waals surface area (Å²) in [6, 6.07) is 38.2. The molecule has 2 heterocycles. The van der Waals surface area contributed by atoms with Gasteiger partial charge in [-0.05, 0) is 72.1 Å². The van der Waals surface area contributed by atoms with E-state index in [0.717, 1.165) is 44.8 Å². The Morgan fingerprint density at radius 3 is 2.06 bits per heavy atom. The number of rotatable bonds is 4. The lowest BCUT2D eigenvalue weighted by Gasteiger charge is -2.13. The van der Waals surface area contributed by atoms with Crippen molar-refractivity contribution in [2.45, 2.75) is 6.92 Å². The topological polar surface area (TPSA) is 30.7 Å². The zero-order valence-electron chi connectivity index (χ0n) is 18.9. The second-order valence-corrected chi connectivity index (χ2v) is 8.50. The molecule has 0 saturated carbocycles. The van der Waals surface area contributed by atoms with Crippen molar-refractivity contribution in [1.29, 1.82) is 0 Å². The predicted octanol–water partition coefficient (Wildman–Crippen LogP) is 7.73. The van der Waals surface area contributed by atoms with Crippen LogP contribution in [-0.2, 0) is 0 Å². The highest BCUT2D eigenvalue weighted by Gasteiger charge is 2.16. The van der Waals surface area contributed by atoms with Crippen molar-refractivity contribution in [1.82, 2.24) is 14.5 Å². The van der Waals surface area contributed by atoms with E-state index in [2.05, 4.69) is 107 Å². The van der Waals surface area contributed by atoms with Gasteiger partial charge in [-0.1, -0.05) is 66.2 Å². The minimum absolute atomic E-state index is 0.923. The number of hydrogen-bond donors (Lipinski definition) is 0. The Kier molecular flexibility index (Phi) is 5.00. The molecule has 0 radical (unpaired) electrons. The Morgan fingerprint density at radius 1 is 0.588 bits per heavy atom. The molecular formula is C31H23N3. The molecule has 162 valence electrons. The van der Waals surface area contributed by atoms with E-state index < -0.39 is 0 Å². The Morgan fingerprint density at radius 2 is 1.29 bits per heavy atom. The maximum atomic E-state index is 5.09. The smallest absolute Gasteiger partial charge is 0.145 e. The molecule has 0 spiro atoms. The number of para-hydroxylation sites is 3. The Balaban J connectivity index is 1.64. The Bertz CT molecular complexity index is 1580. The highest BCUT2D eigenvalue weighted by molar-refractivity contribution is 5.86. The lowest BCUT2D eigenvalue weighted by molar-refractivity contribution is 1.10. The van der Waals surface area contributed by atoms with E-state index in [4.69, 9.17) is 4.98 Å². The molecule has 0 amide bonds. The summed E-state index contributed by atoms with van der Waals surface area (Å²) in [5.41, 5.74) is 10.0. The minimum Gasteiger partial charge on any atom is -0.292 e. The van der Waals surface area contributed by atoms with E-state index in [-0.39, 0.29) is 0 Å². The molecular weight excluding hydrogens is 414 g/mol. The van der Waals surface area contributed by atoms with E-state index in [0.29, 0.717) is 0 Å². The first-order valence-electron chi connectivity index (χ1n) is 11.4. The van der Waals surface area contributed by atoms with Crippen LogP contribution >= 0.6 is 0 Å². The van der Waals surface area contributed by atoms with E-state index in [1.807, 2.05) is 30.6 Å². The average molecular weight is 438 g/mol. The molecule has 2 aromatic heterocycles. The number of pyridine rings is 1. The van der Waals surface area contributed by atoms with Gasteiger partial charge in [-0.3, -0.25) is 9.55 Å². The van der Waals surface area contributed by atoms with Crippen LogP contribution in [0.4, 0.5) is 0 Å². The molecule has 0 unspecified atom stereocenters. The normalized spacial score (nSPS) is 11.1. The van der Waals surface area contributed by atoms with Crippen molar-refractivity contribution in [2.24, 2.45) is 0 Å². The molecule has 34 heavy (non-hydrogen) atoms. The SMILES string of the molecule is Cc1ccc(-c2cc(-c3cccnc3)cc(-c3nc4ccccc4n3-c3ccccc3)c2)cc1. The maximum absolute atomic E-state index is 5.09. The van der Waals surface area contributed by atoms with Crippen LogP contribution < -0.4 is 0 Å². The van der Waals surface area contributed by atoms with Gasteiger partial charge < -0.3 is 0 Å². The van der Waals surface area contributed by atoms with Gasteiger partial charge in [0.05, 0.1) is 11.0 Å². The first-order valence-corrected chi connectivity index (χ1v) is 11.4. The van der Waals surface area contributed by atoms with E-state index in [1.165, 1.54) is 11.1 Å². The Hall–Kier alpha value is -4.50. The van der Waals surface area contributed by atoms with Crippen molar-refractivity contribution in [3.05, 3.63) is 127 Å². The molecule has 0 aliphatic carbocycles. The monoisotopic (exact) mass is 437 g/mol. The number of hydrogen-bond acceptors (Lipinski definition) is 2. The fourth-order valence-corrected chi connectivity index (χ4v) is 4.43. The van der Waals surface area contributed by atoms with Gasteiger partial charge in [0.1, 0.15) is 5.82 Å². The molecule has 0 saturated heterocycles. The van der Waals surface area contributed by atoms with Gasteiger partial charge in [0, 0.05) is 29.2 Å². The van der Waals surface area contributed by atoms with Gasteiger partial charge in [-0.25, -0.2) is 4.98 Å². The van der Waals surface area contributed by atoms with Gasteiger partial charge in [-0.15, -0.1) is 0 Å². The third-order valence-corrected chi connectivity index (χ3v) is 6.15. The molecule has 0 bridgehead atoms. The number of imidazole rings is 1. The van der Waals surface area contributed by atoms with Crippen LogP contribution in [0.3, 0.4) is 0 Å². The summed E-state index contributed by atoms with van der Waals surface area (Å²) in [7, 11) is 0. The third-order valence-electron chi connectivity index (χ3n) is 6.15.